The zero-order chi connectivity index (χ0) is 17.5. The van der Waals surface area contributed by atoms with Gasteiger partial charge in [0.05, 0.1) is 0 Å². The summed E-state index contributed by atoms with van der Waals surface area (Å²) in [5, 5.41) is 0. The molecule has 128 valence electrons. The van der Waals surface area contributed by atoms with Crippen molar-refractivity contribution in [3.8, 4) is 11.1 Å². The van der Waals surface area contributed by atoms with Crippen molar-refractivity contribution < 1.29 is 20.3 Å². The summed E-state index contributed by atoms with van der Waals surface area (Å²) in [7, 11) is -0.621. The molecule has 1 aliphatic carbocycles. The van der Waals surface area contributed by atoms with E-state index >= 15 is 0 Å². The van der Waals surface area contributed by atoms with Crippen molar-refractivity contribution in [3.63, 3.8) is 0 Å². The first-order chi connectivity index (χ1) is 11.2. The summed E-state index contributed by atoms with van der Waals surface area (Å²) in [4.78, 5) is 0. The van der Waals surface area contributed by atoms with Crippen LogP contribution in [0.4, 0.5) is 0 Å². The van der Waals surface area contributed by atoms with E-state index in [1.807, 2.05) is 0 Å². The quantitative estimate of drug-likeness (QED) is 0.503. The van der Waals surface area contributed by atoms with Gasteiger partial charge in [0.25, 0.3) is 0 Å². The molecule has 1 aliphatic rings. The number of fused-ring (bicyclic) bond motifs is 3. The van der Waals surface area contributed by atoms with Gasteiger partial charge in [0.2, 0.25) is 0 Å². The summed E-state index contributed by atoms with van der Waals surface area (Å²) in [5.41, 5.74) is 6.30. The predicted molar refractivity (Wildman–Crippen MR) is 107 cm³/mol. The van der Waals surface area contributed by atoms with E-state index in [0.717, 1.165) is 6.42 Å². The van der Waals surface area contributed by atoms with Crippen LogP contribution in [0.2, 0.25) is 21.6 Å². The van der Waals surface area contributed by atoms with Crippen molar-refractivity contribution in [1.82, 2.24) is 3.30 Å². The average molecular weight is 504 g/mol. The van der Waals surface area contributed by atoms with Crippen LogP contribution in [0.1, 0.15) is 31.9 Å². The van der Waals surface area contributed by atoms with Gasteiger partial charge < -0.3 is 0 Å². The molecule has 0 fully saturated rings. The van der Waals surface area contributed by atoms with E-state index in [1.165, 1.54) is 20.5 Å². The number of rotatable bonds is 4. The second kappa shape index (κ2) is 6.66. The Hall–Kier alpha value is -0.513. The standard InChI is InChI=1S/C13H9.C4H10N.C3H9Si.CH3.Hf/c1-3-7-12-10(5-1)9-11-6-2-4-8-13(11)12;1-4(2,3)5;1-4(2)3;;/h1-5,7-8H,9H2;5H,1-3H3;4H,1H2,2-3H3;1H3;/q;-1;;;+1. The van der Waals surface area contributed by atoms with Crippen molar-refractivity contribution in [2.45, 2.75) is 54.3 Å². The topological polar surface area (TPSA) is 12.0 Å². The van der Waals surface area contributed by atoms with E-state index in [0.29, 0.717) is 0 Å². The van der Waals surface area contributed by atoms with Crippen LogP contribution in [-0.2, 0) is 26.7 Å². The van der Waals surface area contributed by atoms with Gasteiger partial charge in [-0.3, -0.25) is 0 Å². The Morgan fingerprint density at radius 1 is 1.00 bits per heavy atom. The van der Waals surface area contributed by atoms with Crippen molar-refractivity contribution in [3.05, 3.63) is 53.6 Å². The van der Waals surface area contributed by atoms with Crippen molar-refractivity contribution in [1.29, 1.82) is 0 Å². The second-order valence-corrected chi connectivity index (χ2v) is 29.0. The van der Waals surface area contributed by atoms with Crippen LogP contribution < -0.4 is 6.62 Å². The Balaban J connectivity index is 2.11. The summed E-state index contributed by atoms with van der Waals surface area (Å²) in [6.45, 7) is 12.0. The summed E-state index contributed by atoms with van der Waals surface area (Å²) < 4.78 is 10.1. The number of hydrogen-bond acceptors (Lipinski definition) is 1. The average Bonchev–Trinajstić information content (AvgIpc) is 2.82. The first-order valence-electron chi connectivity index (χ1n) is 9.19. The molecule has 0 bridgehead atoms. The molecule has 0 aliphatic heterocycles. The van der Waals surface area contributed by atoms with Crippen LogP contribution >= 0.6 is 0 Å². The van der Waals surface area contributed by atoms with E-state index in [4.69, 9.17) is 0 Å². The van der Waals surface area contributed by atoms with Gasteiger partial charge in [-0.05, 0) is 0 Å². The third-order valence-electron chi connectivity index (χ3n) is 4.91. The maximum absolute atomic E-state index is 4.19. The van der Waals surface area contributed by atoms with E-state index in [9.17, 15) is 0 Å². The van der Waals surface area contributed by atoms with E-state index < -0.39 is 29.1 Å². The first kappa shape index (κ1) is 18.3. The molecular formula is C21H31HfNSi. The molecule has 0 spiro atoms. The summed E-state index contributed by atoms with van der Waals surface area (Å²) in [5.74, 6) is 0. The molecule has 0 heterocycles. The van der Waals surface area contributed by atoms with Crippen LogP contribution in [0.15, 0.2) is 42.5 Å². The van der Waals surface area contributed by atoms with Gasteiger partial charge in [0.1, 0.15) is 0 Å². The Morgan fingerprint density at radius 2 is 1.67 bits per heavy atom. The number of hydrogen-bond donors (Lipinski definition) is 1. The molecule has 2 aromatic carbocycles. The van der Waals surface area contributed by atoms with E-state index in [-0.39, 0.29) is 5.54 Å². The minimum absolute atomic E-state index is 0.202. The Kier molecular flexibility index (Phi) is 5.07. The van der Waals surface area contributed by atoms with Gasteiger partial charge in [-0.25, -0.2) is 0 Å². The molecule has 1 N–H and O–H groups in total. The van der Waals surface area contributed by atoms with Gasteiger partial charge >= 0.3 is 155 Å². The zero-order valence-electron chi connectivity index (χ0n) is 16.0. The molecule has 1 nitrogen and oxygen atoms in total. The van der Waals surface area contributed by atoms with Crippen LogP contribution in [0.5, 0.6) is 0 Å². The second-order valence-electron chi connectivity index (χ2n) is 8.97. The molecule has 24 heavy (non-hydrogen) atoms. The molecule has 0 radical (unpaired) electrons. The van der Waals surface area contributed by atoms with Gasteiger partial charge in [-0.1, -0.05) is 0 Å². The van der Waals surface area contributed by atoms with Crippen LogP contribution in [0, 0.1) is 0 Å². The normalized spacial score (nSPS) is 16.0. The monoisotopic (exact) mass is 505 g/mol. The molecule has 0 amide bonds. The Bertz CT molecular complexity index is 748. The van der Waals surface area contributed by atoms with Gasteiger partial charge in [0.15, 0.2) is 0 Å². The van der Waals surface area contributed by atoms with Gasteiger partial charge in [-0.2, -0.15) is 0 Å². The van der Waals surface area contributed by atoms with Gasteiger partial charge in [0, 0.05) is 0 Å². The fourth-order valence-electron chi connectivity index (χ4n) is 4.55. The predicted octanol–water partition coefficient (Wildman–Crippen LogP) is 4.83. The third kappa shape index (κ3) is 3.68. The van der Waals surface area contributed by atoms with Crippen LogP contribution in [0.25, 0.3) is 11.1 Å². The SMILES string of the molecule is C[SiH](C)[CH2][Hf]([CH3])([NH]C(C)(C)C)[c]1cccc2c1Cc1ccccc1-2. The fraction of sp³-hybridized carbons (Fsp3) is 0.429. The number of benzene rings is 2. The summed E-state index contributed by atoms with van der Waals surface area (Å²) in [6.07, 6.45) is 1.13. The Morgan fingerprint density at radius 3 is 2.33 bits per heavy atom. The molecule has 0 aromatic heterocycles. The molecule has 3 heteroatoms. The third-order valence-corrected chi connectivity index (χ3v) is 34.8. The summed E-state index contributed by atoms with van der Waals surface area (Å²) >= 11 is -2.76. The molecule has 0 saturated heterocycles. The maximum atomic E-state index is 4.19. The Labute approximate surface area is 154 Å². The summed E-state index contributed by atoms with van der Waals surface area (Å²) in [6, 6.07) is 16.1. The first-order valence-corrected chi connectivity index (χ1v) is 22.0. The molecule has 0 saturated carbocycles. The van der Waals surface area contributed by atoms with E-state index in [2.05, 4.69) is 84.3 Å². The molecule has 1 unspecified atom stereocenters. The van der Waals surface area contributed by atoms with Gasteiger partial charge in [-0.15, -0.1) is 0 Å². The minimum atomic E-state index is -2.76. The van der Waals surface area contributed by atoms with Crippen molar-refractivity contribution in [2.24, 2.45) is 0 Å². The molecule has 2 aromatic rings. The number of nitrogens with one attached hydrogen (secondary N) is 1. The molecule has 3 rings (SSSR count). The molecule has 1 atom stereocenters. The van der Waals surface area contributed by atoms with E-state index in [1.54, 1.807) is 8.88 Å². The van der Waals surface area contributed by atoms with Crippen molar-refractivity contribution >= 4 is 12.1 Å². The fourth-order valence-corrected chi connectivity index (χ4v) is 38.9. The zero-order valence-corrected chi connectivity index (χ0v) is 20.8. The van der Waals surface area contributed by atoms with Crippen molar-refractivity contribution in [2.75, 3.05) is 0 Å². The molecular weight excluding hydrogens is 473 g/mol. The van der Waals surface area contributed by atoms with Crippen LogP contribution in [-0.4, -0.2) is 14.3 Å². The van der Waals surface area contributed by atoms with Crippen LogP contribution in [0.3, 0.4) is 0 Å².